The molecule has 84 valence electrons. The molecule has 0 aliphatic rings. The van der Waals surface area contributed by atoms with Crippen LogP contribution >= 0.6 is 11.6 Å². The van der Waals surface area contributed by atoms with Crippen molar-refractivity contribution in [2.24, 2.45) is 5.92 Å². The Balaban J connectivity index is 2.68. The fourth-order valence-electron chi connectivity index (χ4n) is 1.38. The van der Waals surface area contributed by atoms with Gasteiger partial charge in [-0.2, -0.15) is 0 Å². The third kappa shape index (κ3) is 3.47. The van der Waals surface area contributed by atoms with Crippen LogP contribution in [0.15, 0.2) is 18.2 Å². The lowest BCUT2D eigenvalue weighted by atomic mass is 9.96. The molecule has 2 unspecified atom stereocenters. The molecule has 1 N–H and O–H groups in total. The minimum absolute atomic E-state index is 0.122. The van der Waals surface area contributed by atoms with E-state index < -0.39 is 11.9 Å². The van der Waals surface area contributed by atoms with Gasteiger partial charge >= 0.3 is 0 Å². The number of halogens is 2. The lowest BCUT2D eigenvalue weighted by Gasteiger charge is -2.17. The first-order chi connectivity index (χ1) is 7.04. The molecule has 0 aromatic heterocycles. The maximum absolute atomic E-state index is 13.1. The van der Waals surface area contributed by atoms with Crippen molar-refractivity contribution in [2.75, 3.05) is 0 Å². The third-order valence-corrected chi connectivity index (χ3v) is 3.04. The summed E-state index contributed by atoms with van der Waals surface area (Å²) in [5, 5.41) is 9.90. The molecule has 0 heterocycles. The van der Waals surface area contributed by atoms with Crippen LogP contribution in [-0.4, -0.2) is 11.2 Å². The van der Waals surface area contributed by atoms with Crippen LogP contribution in [0.25, 0.3) is 0 Å². The highest BCUT2D eigenvalue weighted by Gasteiger charge is 2.13. The van der Waals surface area contributed by atoms with Gasteiger partial charge in [0.2, 0.25) is 0 Å². The van der Waals surface area contributed by atoms with Crippen molar-refractivity contribution < 1.29 is 9.50 Å². The maximum atomic E-state index is 13.1. The van der Waals surface area contributed by atoms with E-state index in [-0.39, 0.29) is 10.9 Å². The number of rotatable bonds is 4. The van der Waals surface area contributed by atoms with Gasteiger partial charge in [-0.05, 0) is 30.0 Å². The molecule has 2 atom stereocenters. The summed E-state index contributed by atoms with van der Waals surface area (Å²) in [5.74, 6) is -0.200. The predicted octanol–water partition coefficient (Wildman–Crippen LogP) is 3.43. The smallest absolute Gasteiger partial charge is 0.142 e. The first-order valence-electron chi connectivity index (χ1n) is 5.16. The second-order valence-electron chi connectivity index (χ2n) is 3.91. The Hall–Kier alpha value is -0.600. The summed E-state index contributed by atoms with van der Waals surface area (Å²) in [6, 6.07) is 4.65. The van der Waals surface area contributed by atoms with Crippen LogP contribution in [0, 0.1) is 11.7 Å². The second-order valence-corrected chi connectivity index (χ2v) is 4.31. The molecule has 1 nitrogen and oxygen atoms in total. The number of benzene rings is 1. The largest absolute Gasteiger partial charge is 0.393 e. The van der Waals surface area contributed by atoms with Crippen LogP contribution in [0.4, 0.5) is 4.39 Å². The van der Waals surface area contributed by atoms with Gasteiger partial charge in [0.25, 0.3) is 0 Å². The van der Waals surface area contributed by atoms with E-state index in [1.807, 2.05) is 13.8 Å². The molecular formula is C12H16ClFO. The van der Waals surface area contributed by atoms with Gasteiger partial charge in [0, 0.05) is 0 Å². The quantitative estimate of drug-likeness (QED) is 0.840. The standard InChI is InChI=1S/C12H16ClFO/c1-3-8(2)12(15)7-9-4-5-10(13)11(14)6-9/h4-6,8,12,15H,3,7H2,1-2H3. The number of hydrogen-bond donors (Lipinski definition) is 1. The molecule has 3 heteroatoms. The predicted molar refractivity (Wildman–Crippen MR) is 60.6 cm³/mol. The van der Waals surface area contributed by atoms with Crippen LogP contribution in [0.1, 0.15) is 25.8 Å². The molecule has 1 rings (SSSR count). The van der Waals surface area contributed by atoms with E-state index in [0.29, 0.717) is 6.42 Å². The Morgan fingerprint density at radius 2 is 2.13 bits per heavy atom. The fourth-order valence-corrected chi connectivity index (χ4v) is 1.50. The summed E-state index contributed by atoms with van der Waals surface area (Å²) in [6.07, 6.45) is 0.968. The van der Waals surface area contributed by atoms with E-state index in [0.717, 1.165) is 12.0 Å². The summed E-state index contributed by atoms with van der Waals surface area (Å²) in [7, 11) is 0. The molecule has 0 radical (unpaired) electrons. The summed E-state index contributed by atoms with van der Waals surface area (Å²) in [6.45, 7) is 4.01. The topological polar surface area (TPSA) is 20.2 Å². The molecular weight excluding hydrogens is 215 g/mol. The SMILES string of the molecule is CCC(C)C(O)Cc1ccc(Cl)c(F)c1. The van der Waals surface area contributed by atoms with Crippen LogP contribution in [0.5, 0.6) is 0 Å². The molecule has 1 aromatic rings. The Kier molecular flexibility index (Phi) is 4.55. The second kappa shape index (κ2) is 5.47. The fraction of sp³-hybridized carbons (Fsp3) is 0.500. The molecule has 0 saturated heterocycles. The van der Waals surface area contributed by atoms with Crippen molar-refractivity contribution in [3.8, 4) is 0 Å². The van der Waals surface area contributed by atoms with Gasteiger partial charge in [0.15, 0.2) is 0 Å². The first kappa shape index (κ1) is 12.5. The lowest BCUT2D eigenvalue weighted by Crippen LogP contribution is -2.19. The Bertz CT molecular complexity index is 327. The Morgan fingerprint density at radius 1 is 1.47 bits per heavy atom. The first-order valence-corrected chi connectivity index (χ1v) is 5.54. The Labute approximate surface area is 94.9 Å². The molecule has 0 amide bonds. The van der Waals surface area contributed by atoms with Crippen molar-refractivity contribution in [2.45, 2.75) is 32.8 Å². The van der Waals surface area contributed by atoms with Gasteiger partial charge < -0.3 is 5.11 Å². The molecule has 0 spiro atoms. The van der Waals surface area contributed by atoms with Gasteiger partial charge in [-0.25, -0.2) is 4.39 Å². The lowest BCUT2D eigenvalue weighted by molar-refractivity contribution is 0.115. The molecule has 0 bridgehead atoms. The van der Waals surface area contributed by atoms with E-state index in [1.54, 1.807) is 6.07 Å². The number of hydrogen-bond acceptors (Lipinski definition) is 1. The Morgan fingerprint density at radius 3 is 2.67 bits per heavy atom. The van der Waals surface area contributed by atoms with Crippen molar-refractivity contribution in [1.82, 2.24) is 0 Å². The average molecular weight is 231 g/mol. The van der Waals surface area contributed by atoms with Crippen molar-refractivity contribution in [3.63, 3.8) is 0 Å². The van der Waals surface area contributed by atoms with Crippen molar-refractivity contribution >= 4 is 11.6 Å². The molecule has 0 aliphatic heterocycles. The van der Waals surface area contributed by atoms with Crippen molar-refractivity contribution in [3.05, 3.63) is 34.6 Å². The van der Waals surface area contributed by atoms with E-state index in [1.165, 1.54) is 12.1 Å². The zero-order valence-corrected chi connectivity index (χ0v) is 9.76. The summed E-state index contributed by atoms with van der Waals surface area (Å²) in [5.41, 5.74) is 0.782. The van der Waals surface area contributed by atoms with E-state index in [2.05, 4.69) is 0 Å². The zero-order chi connectivity index (χ0) is 11.4. The molecule has 0 fully saturated rings. The van der Waals surface area contributed by atoms with Gasteiger partial charge in [0.05, 0.1) is 11.1 Å². The molecule has 0 aliphatic carbocycles. The van der Waals surface area contributed by atoms with E-state index in [4.69, 9.17) is 11.6 Å². The van der Waals surface area contributed by atoms with Crippen LogP contribution in [-0.2, 0) is 6.42 Å². The van der Waals surface area contributed by atoms with Gasteiger partial charge in [-0.3, -0.25) is 0 Å². The van der Waals surface area contributed by atoms with Crippen LogP contribution in [0.2, 0.25) is 5.02 Å². The summed E-state index contributed by atoms with van der Waals surface area (Å²) >= 11 is 5.57. The highest BCUT2D eigenvalue weighted by atomic mass is 35.5. The van der Waals surface area contributed by atoms with E-state index >= 15 is 0 Å². The van der Waals surface area contributed by atoms with Gasteiger partial charge in [-0.15, -0.1) is 0 Å². The minimum atomic E-state index is -0.425. The maximum Gasteiger partial charge on any atom is 0.142 e. The molecule has 0 saturated carbocycles. The van der Waals surface area contributed by atoms with Crippen LogP contribution in [0.3, 0.4) is 0 Å². The highest BCUT2D eigenvalue weighted by molar-refractivity contribution is 6.30. The molecule has 1 aromatic carbocycles. The highest BCUT2D eigenvalue weighted by Crippen LogP contribution is 2.18. The van der Waals surface area contributed by atoms with Crippen LogP contribution < -0.4 is 0 Å². The monoisotopic (exact) mass is 230 g/mol. The third-order valence-electron chi connectivity index (χ3n) is 2.73. The normalized spacial score (nSPS) is 15.0. The number of aliphatic hydroxyl groups is 1. The summed E-state index contributed by atoms with van der Waals surface area (Å²) < 4.78 is 13.1. The zero-order valence-electron chi connectivity index (χ0n) is 9.00. The van der Waals surface area contributed by atoms with Gasteiger partial charge in [-0.1, -0.05) is 37.9 Å². The minimum Gasteiger partial charge on any atom is -0.393 e. The summed E-state index contributed by atoms with van der Waals surface area (Å²) in [4.78, 5) is 0. The number of aliphatic hydroxyl groups excluding tert-OH is 1. The van der Waals surface area contributed by atoms with Gasteiger partial charge in [0.1, 0.15) is 5.82 Å². The van der Waals surface area contributed by atoms with E-state index in [9.17, 15) is 9.50 Å². The average Bonchev–Trinajstić information content (AvgIpc) is 2.22. The van der Waals surface area contributed by atoms with Crippen molar-refractivity contribution in [1.29, 1.82) is 0 Å². The molecule has 15 heavy (non-hydrogen) atoms.